The zero-order valence-electron chi connectivity index (χ0n) is 14.9. The molecular formula is C19H28N4. The van der Waals surface area contributed by atoms with E-state index in [9.17, 15) is 0 Å². The van der Waals surface area contributed by atoms with Gasteiger partial charge in [0.15, 0.2) is 0 Å². The summed E-state index contributed by atoms with van der Waals surface area (Å²) in [5.74, 6) is 1.27. The molecule has 0 N–H and O–H groups in total. The summed E-state index contributed by atoms with van der Waals surface area (Å²) < 4.78 is 0. The fraction of sp³-hybridized carbons (Fsp3) is 0.474. The molecule has 0 fully saturated rings. The van der Waals surface area contributed by atoms with Crippen molar-refractivity contribution in [2.24, 2.45) is 0 Å². The van der Waals surface area contributed by atoms with Crippen LogP contribution in [0.15, 0.2) is 42.6 Å². The van der Waals surface area contributed by atoms with Crippen LogP contribution in [-0.4, -0.2) is 47.5 Å². The van der Waals surface area contributed by atoms with Gasteiger partial charge in [0.2, 0.25) is 0 Å². The van der Waals surface area contributed by atoms with Gasteiger partial charge >= 0.3 is 0 Å². The molecule has 1 aromatic heterocycles. The maximum Gasteiger partial charge on any atom is 0.131 e. The summed E-state index contributed by atoms with van der Waals surface area (Å²) >= 11 is 0. The SMILES string of the molecule is CC(C)c1nccc(CN(C)[C@H](CN(C)C)c2ccccc2)n1. The molecule has 124 valence electrons. The highest BCUT2D eigenvalue weighted by atomic mass is 15.2. The van der Waals surface area contributed by atoms with E-state index in [-0.39, 0.29) is 0 Å². The Morgan fingerprint density at radius 2 is 1.70 bits per heavy atom. The second-order valence-electron chi connectivity index (χ2n) is 6.66. The van der Waals surface area contributed by atoms with Gasteiger partial charge in [0.1, 0.15) is 5.82 Å². The fourth-order valence-corrected chi connectivity index (χ4v) is 2.67. The number of hydrogen-bond acceptors (Lipinski definition) is 4. The van der Waals surface area contributed by atoms with Gasteiger partial charge in [0.05, 0.1) is 5.69 Å². The molecule has 0 aliphatic rings. The lowest BCUT2D eigenvalue weighted by atomic mass is 10.0. The summed E-state index contributed by atoms with van der Waals surface area (Å²) in [6, 6.07) is 13.0. The van der Waals surface area contributed by atoms with Crippen LogP contribution in [0.4, 0.5) is 0 Å². The van der Waals surface area contributed by atoms with Crippen molar-refractivity contribution in [1.29, 1.82) is 0 Å². The smallest absolute Gasteiger partial charge is 0.131 e. The second kappa shape index (κ2) is 8.18. The van der Waals surface area contributed by atoms with Gasteiger partial charge in [-0.3, -0.25) is 4.90 Å². The normalized spacial score (nSPS) is 13.0. The van der Waals surface area contributed by atoms with Gasteiger partial charge < -0.3 is 4.90 Å². The molecule has 1 atom stereocenters. The van der Waals surface area contributed by atoms with Crippen molar-refractivity contribution >= 4 is 0 Å². The molecule has 0 radical (unpaired) electrons. The van der Waals surface area contributed by atoms with Crippen LogP contribution >= 0.6 is 0 Å². The molecule has 0 amide bonds. The third-order valence-corrected chi connectivity index (χ3v) is 3.91. The first-order valence-corrected chi connectivity index (χ1v) is 8.19. The highest BCUT2D eigenvalue weighted by Gasteiger charge is 2.18. The predicted molar refractivity (Wildman–Crippen MR) is 95.3 cm³/mol. The van der Waals surface area contributed by atoms with Gasteiger partial charge in [-0.25, -0.2) is 9.97 Å². The summed E-state index contributed by atoms with van der Waals surface area (Å²) in [5.41, 5.74) is 2.41. The second-order valence-corrected chi connectivity index (χ2v) is 6.66. The lowest BCUT2D eigenvalue weighted by Crippen LogP contribution is -2.33. The number of nitrogens with zero attached hydrogens (tertiary/aromatic N) is 4. The fourth-order valence-electron chi connectivity index (χ4n) is 2.67. The van der Waals surface area contributed by atoms with E-state index in [1.54, 1.807) is 0 Å². The highest BCUT2D eigenvalue weighted by Crippen LogP contribution is 2.21. The molecule has 0 saturated heterocycles. The van der Waals surface area contributed by atoms with E-state index >= 15 is 0 Å². The number of likely N-dealkylation sites (N-methyl/N-ethyl adjacent to an activating group) is 2. The van der Waals surface area contributed by atoms with E-state index in [1.165, 1.54) is 5.56 Å². The monoisotopic (exact) mass is 312 g/mol. The van der Waals surface area contributed by atoms with Crippen molar-refractivity contribution in [3.63, 3.8) is 0 Å². The quantitative estimate of drug-likeness (QED) is 0.785. The third kappa shape index (κ3) is 5.12. The summed E-state index contributed by atoms with van der Waals surface area (Å²) in [5, 5.41) is 0. The molecular weight excluding hydrogens is 284 g/mol. The Hall–Kier alpha value is -1.78. The van der Waals surface area contributed by atoms with Crippen LogP contribution in [0.1, 0.15) is 42.9 Å². The zero-order chi connectivity index (χ0) is 16.8. The average Bonchev–Trinajstić information content (AvgIpc) is 2.53. The molecule has 0 aliphatic carbocycles. The van der Waals surface area contributed by atoms with Crippen molar-refractivity contribution in [3.8, 4) is 0 Å². The Labute approximate surface area is 140 Å². The van der Waals surface area contributed by atoms with Crippen molar-refractivity contribution in [2.45, 2.75) is 32.4 Å². The molecule has 0 bridgehead atoms. The highest BCUT2D eigenvalue weighted by molar-refractivity contribution is 5.19. The average molecular weight is 312 g/mol. The molecule has 0 spiro atoms. The van der Waals surface area contributed by atoms with Gasteiger partial charge in [-0.05, 0) is 32.8 Å². The molecule has 1 aromatic carbocycles. The van der Waals surface area contributed by atoms with E-state index in [4.69, 9.17) is 4.98 Å². The minimum Gasteiger partial charge on any atom is -0.307 e. The van der Waals surface area contributed by atoms with Crippen LogP contribution in [0.5, 0.6) is 0 Å². The molecule has 0 aliphatic heterocycles. The van der Waals surface area contributed by atoms with Gasteiger partial charge in [-0.1, -0.05) is 44.2 Å². The van der Waals surface area contributed by atoms with Crippen LogP contribution < -0.4 is 0 Å². The Bertz CT molecular complexity index is 595. The predicted octanol–water partition coefficient (Wildman–Crippen LogP) is 3.33. The number of hydrogen-bond donors (Lipinski definition) is 0. The lowest BCUT2D eigenvalue weighted by molar-refractivity contribution is 0.188. The summed E-state index contributed by atoms with van der Waals surface area (Å²) in [6.07, 6.45) is 1.87. The largest absolute Gasteiger partial charge is 0.307 e. The van der Waals surface area contributed by atoms with Gasteiger partial charge in [0, 0.05) is 31.2 Å². The van der Waals surface area contributed by atoms with Crippen molar-refractivity contribution in [1.82, 2.24) is 19.8 Å². The van der Waals surface area contributed by atoms with Gasteiger partial charge in [-0.2, -0.15) is 0 Å². The first-order chi connectivity index (χ1) is 11.0. The van der Waals surface area contributed by atoms with Crippen LogP contribution in [0.2, 0.25) is 0 Å². The number of aromatic nitrogens is 2. The number of rotatable bonds is 7. The Morgan fingerprint density at radius 1 is 1.00 bits per heavy atom. The van der Waals surface area contributed by atoms with Crippen LogP contribution in [-0.2, 0) is 6.54 Å². The topological polar surface area (TPSA) is 32.3 Å². The van der Waals surface area contributed by atoms with Crippen molar-refractivity contribution in [2.75, 3.05) is 27.7 Å². The van der Waals surface area contributed by atoms with E-state index in [1.807, 2.05) is 12.3 Å². The minimum atomic E-state index is 0.337. The first-order valence-electron chi connectivity index (χ1n) is 8.19. The molecule has 23 heavy (non-hydrogen) atoms. The number of benzene rings is 1. The van der Waals surface area contributed by atoms with E-state index in [0.717, 1.165) is 24.6 Å². The van der Waals surface area contributed by atoms with E-state index < -0.39 is 0 Å². The van der Waals surface area contributed by atoms with E-state index in [2.05, 4.69) is 80.1 Å². The van der Waals surface area contributed by atoms with Crippen LogP contribution in [0, 0.1) is 0 Å². The van der Waals surface area contributed by atoms with Crippen LogP contribution in [0.25, 0.3) is 0 Å². The van der Waals surface area contributed by atoms with E-state index in [0.29, 0.717) is 12.0 Å². The Kier molecular flexibility index (Phi) is 6.25. The minimum absolute atomic E-state index is 0.337. The molecule has 0 saturated carbocycles. The maximum absolute atomic E-state index is 4.70. The Balaban J connectivity index is 2.17. The summed E-state index contributed by atoms with van der Waals surface area (Å²) in [7, 11) is 6.40. The zero-order valence-corrected chi connectivity index (χ0v) is 14.9. The lowest BCUT2D eigenvalue weighted by Gasteiger charge is -2.30. The first kappa shape index (κ1) is 17.6. The maximum atomic E-state index is 4.70. The van der Waals surface area contributed by atoms with Gasteiger partial charge in [0.25, 0.3) is 0 Å². The van der Waals surface area contributed by atoms with Crippen molar-refractivity contribution < 1.29 is 0 Å². The standard InChI is InChI=1S/C19H28N4/c1-15(2)19-20-12-11-17(21-19)13-23(5)18(14-22(3)4)16-9-7-6-8-10-16/h6-12,15,18H,13-14H2,1-5H3/t18-/m1/s1. The third-order valence-electron chi connectivity index (χ3n) is 3.91. The summed E-state index contributed by atoms with van der Waals surface area (Å²) in [4.78, 5) is 13.7. The molecule has 4 nitrogen and oxygen atoms in total. The van der Waals surface area contributed by atoms with Crippen molar-refractivity contribution in [3.05, 3.63) is 59.7 Å². The molecule has 2 rings (SSSR count). The summed E-state index contributed by atoms with van der Waals surface area (Å²) in [6.45, 7) is 6.04. The Morgan fingerprint density at radius 3 is 2.30 bits per heavy atom. The molecule has 4 heteroatoms. The molecule has 2 aromatic rings. The molecule has 1 heterocycles. The molecule has 0 unspecified atom stereocenters. The van der Waals surface area contributed by atoms with Gasteiger partial charge in [-0.15, -0.1) is 0 Å². The van der Waals surface area contributed by atoms with Crippen LogP contribution in [0.3, 0.4) is 0 Å².